The molecule has 0 radical (unpaired) electrons. The van der Waals surface area contributed by atoms with Crippen LogP contribution in [-0.2, 0) is 73.7 Å². The average molecular weight is 1160 g/mol. The van der Waals surface area contributed by atoms with Crippen molar-refractivity contribution in [2.24, 2.45) is 0 Å². The van der Waals surface area contributed by atoms with E-state index in [1.807, 2.05) is 166 Å². The molecule has 440 valence electrons. The van der Waals surface area contributed by atoms with Crippen molar-refractivity contribution >= 4 is 53.8 Å². The van der Waals surface area contributed by atoms with Crippen LogP contribution in [-0.4, -0.2) is 127 Å². The van der Waals surface area contributed by atoms with E-state index in [0.29, 0.717) is 77.0 Å². The first-order valence-corrected chi connectivity index (χ1v) is 39.6. The molecule has 73 heavy (non-hydrogen) atoms. The summed E-state index contributed by atoms with van der Waals surface area (Å²) in [5.74, 6) is 0. The minimum atomic E-state index is -4.73. The van der Waals surface area contributed by atoms with E-state index < -0.39 is 53.8 Å². The normalized spacial score (nSPS) is 22.6. The Morgan fingerprint density at radius 2 is 0.288 bits per heavy atom. The molecule has 0 saturated heterocycles. The molecule has 0 fully saturated rings. The summed E-state index contributed by atoms with van der Waals surface area (Å²) in [6.45, 7) is 51.6. The van der Waals surface area contributed by atoms with Gasteiger partial charge in [-0.15, -0.1) is 0 Å². The van der Waals surface area contributed by atoms with E-state index >= 15 is 0 Å². The molecule has 0 N–H and O–H groups in total. The Bertz CT molecular complexity index is 1100. The summed E-state index contributed by atoms with van der Waals surface area (Å²) in [6.07, 6.45) is 2.89. The molecule has 0 aliphatic heterocycles. The van der Waals surface area contributed by atoms with Gasteiger partial charge in [0.1, 0.15) is 0 Å². The molecule has 0 aliphatic rings. The molecular weight excluding hydrogens is 1040 g/mol. The third-order valence-electron chi connectivity index (χ3n) is 12.7. The monoisotopic (exact) mass is 1150 g/mol. The SMILES string of the molecule is CCC(C)O[Si](OC(C)CC)(OC(C)CC)O[Si](C)(O[Si](C)(O[Si](OC(C)CC)(OC(C)CC)OC(C)CC)O[Si](OC(C)CC)(OC(C)CC)OC(C)CC)O[Si](OC(C)CC)(OC(C)CC)OC(C)CC. The summed E-state index contributed by atoms with van der Waals surface area (Å²) < 4.78 is 122. The second kappa shape index (κ2) is 36.1. The maximum atomic E-state index is 7.80. The van der Waals surface area contributed by atoms with E-state index in [9.17, 15) is 0 Å². The molecule has 23 heteroatoms. The molecule has 0 aliphatic carbocycles. The minimum absolute atomic E-state index is 0.381. The fourth-order valence-corrected chi connectivity index (χ4v) is 30.0. The summed E-state index contributed by atoms with van der Waals surface area (Å²) in [4.78, 5) is 0. The summed E-state index contributed by atoms with van der Waals surface area (Å²) in [5.41, 5.74) is 0. The molecule has 0 aromatic rings. The number of rotatable bonds is 46. The lowest BCUT2D eigenvalue weighted by molar-refractivity contribution is -0.0972. The van der Waals surface area contributed by atoms with Gasteiger partial charge in [0, 0.05) is 86.3 Å². The van der Waals surface area contributed by atoms with Gasteiger partial charge in [-0.3, -0.25) is 0 Å². The molecule has 0 spiro atoms. The molecule has 12 unspecified atom stereocenters. The van der Waals surface area contributed by atoms with Gasteiger partial charge in [0.2, 0.25) is 0 Å². The summed E-state index contributed by atoms with van der Waals surface area (Å²) in [5, 5.41) is 0. The highest BCUT2D eigenvalue weighted by molar-refractivity contribution is 6.86. The van der Waals surface area contributed by atoms with Crippen LogP contribution in [0.15, 0.2) is 0 Å². The van der Waals surface area contributed by atoms with Crippen molar-refractivity contribution < 1.29 is 73.7 Å². The van der Waals surface area contributed by atoms with Gasteiger partial charge in [0.15, 0.2) is 0 Å². The zero-order chi connectivity index (χ0) is 56.4. The van der Waals surface area contributed by atoms with Crippen LogP contribution in [0.1, 0.15) is 243 Å². The first-order chi connectivity index (χ1) is 34.0. The standard InChI is InChI=1S/C50H114O17Si6/c1-27-39(13)51-70(52-40(14)28-2,53-41(15)29-3)64-68(25,65-71(54-42(16)30-4,55-43(17)31-5)56-44(18)32-6)63-69(26,66-72(57-45(19)33-7,58-46(20)34-8)59-47(21)35-9)67-73(60-48(22)36-10,61-49(23)37-11)62-50(24)38-12/h39-50H,27-38H2,1-26H3. The van der Waals surface area contributed by atoms with Crippen LogP contribution < -0.4 is 0 Å². The fourth-order valence-electron chi connectivity index (χ4n) is 5.95. The second-order valence-electron chi connectivity index (χ2n) is 20.3. The lowest BCUT2D eigenvalue weighted by Gasteiger charge is -2.47. The molecule has 0 amide bonds. The smallest absolute Gasteiger partial charge is 0.373 e. The van der Waals surface area contributed by atoms with Gasteiger partial charge in [-0.1, -0.05) is 83.1 Å². The second-order valence-corrected chi connectivity index (χ2v) is 34.6. The van der Waals surface area contributed by atoms with E-state index in [-0.39, 0.29) is 73.2 Å². The predicted octanol–water partition coefficient (Wildman–Crippen LogP) is 13.7. The van der Waals surface area contributed by atoms with E-state index in [0.717, 1.165) is 0 Å². The highest BCUT2D eigenvalue weighted by atomic mass is 28.6. The Hall–Kier alpha value is 0.621. The highest BCUT2D eigenvalue weighted by Crippen LogP contribution is 2.38. The largest absolute Gasteiger partial charge is 0.672 e. The van der Waals surface area contributed by atoms with Gasteiger partial charge in [-0.05, 0) is 160 Å². The predicted molar refractivity (Wildman–Crippen MR) is 302 cm³/mol. The molecular formula is C50H114O17Si6. The third-order valence-corrected chi connectivity index (χ3v) is 33.8. The van der Waals surface area contributed by atoms with Crippen molar-refractivity contribution in [2.45, 2.75) is 330 Å². The minimum Gasteiger partial charge on any atom is -0.373 e. The average Bonchev–Trinajstić information content (AvgIpc) is 3.32. The molecule has 17 nitrogen and oxygen atoms in total. The van der Waals surface area contributed by atoms with Gasteiger partial charge >= 0.3 is 53.8 Å². The fraction of sp³-hybridized carbons (Fsp3) is 1.00. The van der Waals surface area contributed by atoms with Crippen LogP contribution >= 0.6 is 0 Å². The summed E-state index contributed by atoms with van der Waals surface area (Å²) >= 11 is 0. The van der Waals surface area contributed by atoms with Crippen molar-refractivity contribution in [3.63, 3.8) is 0 Å². The zero-order valence-corrected chi connectivity index (χ0v) is 57.4. The van der Waals surface area contributed by atoms with Crippen molar-refractivity contribution in [2.75, 3.05) is 0 Å². The Labute approximate surface area is 455 Å². The molecule has 0 saturated carbocycles. The number of hydrogen-bond acceptors (Lipinski definition) is 17. The molecule has 12 atom stereocenters. The van der Waals surface area contributed by atoms with Gasteiger partial charge in [-0.25, -0.2) is 0 Å². The number of hydrogen-bond donors (Lipinski definition) is 0. The lowest BCUT2D eigenvalue weighted by atomic mass is 10.3. The van der Waals surface area contributed by atoms with E-state index in [4.69, 9.17) is 73.7 Å². The molecule has 0 heterocycles. The van der Waals surface area contributed by atoms with Gasteiger partial charge in [-0.2, -0.15) is 0 Å². The van der Waals surface area contributed by atoms with Crippen molar-refractivity contribution in [1.29, 1.82) is 0 Å². The lowest BCUT2D eigenvalue weighted by Crippen LogP contribution is -2.73. The quantitative estimate of drug-likeness (QED) is 0.0530. The van der Waals surface area contributed by atoms with Crippen LogP contribution in [0, 0.1) is 0 Å². The Balaban J connectivity index is 9.77. The highest BCUT2D eigenvalue weighted by Gasteiger charge is 2.70. The van der Waals surface area contributed by atoms with E-state index in [1.54, 1.807) is 13.1 Å². The Morgan fingerprint density at radius 1 is 0.192 bits per heavy atom. The van der Waals surface area contributed by atoms with E-state index in [2.05, 4.69) is 0 Å². The van der Waals surface area contributed by atoms with Crippen LogP contribution in [0.4, 0.5) is 0 Å². The van der Waals surface area contributed by atoms with Crippen LogP contribution in [0.25, 0.3) is 0 Å². The van der Waals surface area contributed by atoms with Gasteiger partial charge in [0.05, 0.1) is 0 Å². The van der Waals surface area contributed by atoms with Crippen molar-refractivity contribution in [3.8, 4) is 0 Å². The van der Waals surface area contributed by atoms with E-state index in [1.165, 1.54) is 0 Å². The first kappa shape index (κ1) is 73.6. The topological polar surface area (TPSA) is 157 Å². The zero-order valence-electron chi connectivity index (χ0n) is 51.4. The summed E-state index contributed by atoms with van der Waals surface area (Å²) in [6, 6.07) is 0. The molecule has 0 bridgehead atoms. The van der Waals surface area contributed by atoms with Crippen LogP contribution in [0.2, 0.25) is 13.1 Å². The van der Waals surface area contributed by atoms with Gasteiger partial charge < -0.3 is 73.7 Å². The molecule has 0 aromatic heterocycles. The van der Waals surface area contributed by atoms with Gasteiger partial charge in [0.25, 0.3) is 0 Å². The maximum Gasteiger partial charge on any atom is 0.672 e. The Kier molecular flexibility index (Phi) is 36.4. The van der Waals surface area contributed by atoms with Crippen molar-refractivity contribution in [3.05, 3.63) is 0 Å². The first-order valence-electron chi connectivity index (χ1n) is 28.6. The third kappa shape index (κ3) is 27.6. The molecule has 0 aromatic carbocycles. The Morgan fingerprint density at radius 3 is 0.370 bits per heavy atom. The maximum absolute atomic E-state index is 7.80. The van der Waals surface area contributed by atoms with Crippen molar-refractivity contribution in [1.82, 2.24) is 0 Å². The summed E-state index contributed by atoms with van der Waals surface area (Å²) in [7, 11) is -27.1. The molecule has 0 rings (SSSR count). The van der Waals surface area contributed by atoms with Crippen LogP contribution in [0.3, 0.4) is 0 Å². The van der Waals surface area contributed by atoms with Crippen LogP contribution in [0.5, 0.6) is 0 Å².